The van der Waals surface area contributed by atoms with Crippen LogP contribution in [0.3, 0.4) is 0 Å². The number of imidazole rings is 1. The molecule has 0 bridgehead atoms. The first kappa shape index (κ1) is 27.5. The summed E-state index contributed by atoms with van der Waals surface area (Å²) in [6.07, 6.45) is 6.30. The van der Waals surface area contributed by atoms with E-state index < -0.39 is 0 Å². The van der Waals surface area contributed by atoms with Gasteiger partial charge in [0.15, 0.2) is 0 Å². The van der Waals surface area contributed by atoms with Crippen molar-refractivity contribution in [3.05, 3.63) is 89.2 Å². The minimum absolute atomic E-state index is 0.0458. The van der Waals surface area contributed by atoms with Crippen LogP contribution in [0.2, 0.25) is 5.02 Å². The van der Waals surface area contributed by atoms with E-state index in [0.29, 0.717) is 24.6 Å². The van der Waals surface area contributed by atoms with Crippen LogP contribution in [0, 0.1) is 0 Å². The summed E-state index contributed by atoms with van der Waals surface area (Å²) in [7, 11) is 1.66. The molecule has 1 heterocycles. The van der Waals surface area contributed by atoms with Crippen molar-refractivity contribution in [2.75, 3.05) is 20.3 Å². The molecule has 0 radical (unpaired) electrons. The van der Waals surface area contributed by atoms with Crippen molar-refractivity contribution in [2.24, 2.45) is 0 Å². The normalized spacial score (nSPS) is 11.0. The van der Waals surface area contributed by atoms with Gasteiger partial charge in [0.05, 0.1) is 31.2 Å². The van der Waals surface area contributed by atoms with Gasteiger partial charge in [-0.1, -0.05) is 48.4 Å². The molecule has 0 aliphatic rings. The Morgan fingerprint density at radius 1 is 0.921 bits per heavy atom. The molecular weight excluding hydrogens is 498 g/mol. The van der Waals surface area contributed by atoms with Gasteiger partial charge >= 0.3 is 0 Å². The van der Waals surface area contributed by atoms with Gasteiger partial charge in [-0.25, -0.2) is 4.98 Å². The van der Waals surface area contributed by atoms with Gasteiger partial charge in [-0.3, -0.25) is 4.79 Å². The number of nitrogens with one attached hydrogen (secondary N) is 1. The second kappa shape index (κ2) is 14.4. The van der Waals surface area contributed by atoms with E-state index in [9.17, 15) is 4.79 Å². The summed E-state index contributed by atoms with van der Waals surface area (Å²) in [6.45, 7) is 2.27. The lowest BCUT2D eigenvalue weighted by Crippen LogP contribution is -2.26. The predicted octanol–water partition coefficient (Wildman–Crippen LogP) is 6.63. The first-order chi connectivity index (χ1) is 18.6. The lowest BCUT2D eigenvalue weighted by atomic mass is 10.1. The zero-order valence-electron chi connectivity index (χ0n) is 22.0. The Kier molecular flexibility index (Phi) is 10.5. The lowest BCUT2D eigenvalue weighted by molar-refractivity contribution is -0.120. The summed E-state index contributed by atoms with van der Waals surface area (Å²) < 4.78 is 13.5. The molecule has 1 aromatic heterocycles. The number of methoxy groups -OCH3 is 1. The van der Waals surface area contributed by atoms with Crippen molar-refractivity contribution < 1.29 is 14.3 Å². The Balaban J connectivity index is 1.19. The van der Waals surface area contributed by atoms with Crippen LogP contribution >= 0.6 is 11.6 Å². The summed E-state index contributed by atoms with van der Waals surface area (Å²) in [5, 5.41) is 3.71. The number of nitrogens with zero attached hydrogens (tertiary/aromatic N) is 2. The number of unbranched alkanes of at least 4 members (excludes halogenated alkanes) is 3. The van der Waals surface area contributed by atoms with E-state index in [4.69, 9.17) is 26.1 Å². The molecule has 3 aromatic carbocycles. The number of aryl methyl sites for hydroxylation is 2. The van der Waals surface area contributed by atoms with Gasteiger partial charge in [-0.15, -0.1) is 0 Å². The van der Waals surface area contributed by atoms with Crippen molar-refractivity contribution in [1.29, 1.82) is 0 Å². The highest BCUT2D eigenvalue weighted by Crippen LogP contribution is 2.21. The first-order valence-electron chi connectivity index (χ1n) is 13.3. The molecule has 6 nitrogen and oxygen atoms in total. The van der Waals surface area contributed by atoms with Gasteiger partial charge in [-0.05, 0) is 67.6 Å². The molecule has 200 valence electrons. The largest absolute Gasteiger partial charge is 0.497 e. The SMILES string of the molecule is COc1cccc(OCCCCn2c(CCCCCNC(=O)Cc3ccc(Cl)cc3)nc3ccccc32)c1. The van der Waals surface area contributed by atoms with E-state index in [2.05, 4.69) is 28.1 Å². The van der Waals surface area contributed by atoms with Crippen LogP contribution in [0.1, 0.15) is 43.5 Å². The zero-order valence-corrected chi connectivity index (χ0v) is 22.8. The number of benzene rings is 3. The van der Waals surface area contributed by atoms with Gasteiger partial charge in [0, 0.05) is 30.6 Å². The van der Waals surface area contributed by atoms with E-state index in [1.165, 1.54) is 5.52 Å². The number of carbonyl (C=O) groups is 1. The average Bonchev–Trinajstić information content (AvgIpc) is 3.29. The van der Waals surface area contributed by atoms with Crippen molar-refractivity contribution in [3.63, 3.8) is 0 Å². The number of rotatable bonds is 15. The molecule has 0 saturated carbocycles. The number of hydrogen-bond donors (Lipinski definition) is 1. The van der Waals surface area contributed by atoms with Crippen molar-refractivity contribution >= 4 is 28.5 Å². The highest BCUT2D eigenvalue weighted by atomic mass is 35.5. The molecule has 7 heteroatoms. The third kappa shape index (κ3) is 8.25. The maximum Gasteiger partial charge on any atom is 0.224 e. The Labute approximate surface area is 229 Å². The second-order valence-electron chi connectivity index (χ2n) is 9.37. The maximum absolute atomic E-state index is 12.2. The smallest absolute Gasteiger partial charge is 0.224 e. The topological polar surface area (TPSA) is 65.4 Å². The van der Waals surface area contributed by atoms with Gasteiger partial charge in [0.1, 0.15) is 17.3 Å². The first-order valence-corrected chi connectivity index (χ1v) is 13.7. The van der Waals surface area contributed by atoms with Gasteiger partial charge in [-0.2, -0.15) is 0 Å². The van der Waals surface area contributed by atoms with Crippen molar-refractivity contribution in [1.82, 2.24) is 14.9 Å². The number of ether oxygens (including phenoxy) is 2. The molecule has 4 aromatic rings. The quantitative estimate of drug-likeness (QED) is 0.174. The molecular formula is C31H36ClN3O3. The molecule has 38 heavy (non-hydrogen) atoms. The van der Waals surface area contributed by atoms with Crippen molar-refractivity contribution in [2.45, 2.75) is 51.5 Å². The van der Waals surface area contributed by atoms with Crippen LogP contribution in [0.15, 0.2) is 72.8 Å². The number of fused-ring (bicyclic) bond motifs is 1. The average molecular weight is 534 g/mol. The maximum atomic E-state index is 12.2. The lowest BCUT2D eigenvalue weighted by Gasteiger charge is -2.11. The third-order valence-electron chi connectivity index (χ3n) is 6.50. The Bertz CT molecular complexity index is 1300. The second-order valence-corrected chi connectivity index (χ2v) is 9.80. The van der Waals surface area contributed by atoms with E-state index >= 15 is 0 Å². The molecule has 0 fully saturated rings. The van der Waals surface area contributed by atoms with Gasteiger partial charge < -0.3 is 19.4 Å². The number of amides is 1. The third-order valence-corrected chi connectivity index (χ3v) is 6.75. The molecule has 0 saturated heterocycles. The number of halogens is 1. The Hall–Kier alpha value is -3.51. The van der Waals surface area contributed by atoms with E-state index in [0.717, 1.165) is 73.5 Å². The Morgan fingerprint density at radius 3 is 2.58 bits per heavy atom. The van der Waals surface area contributed by atoms with E-state index in [1.807, 2.05) is 54.6 Å². The number of aromatic nitrogens is 2. The number of hydrogen-bond acceptors (Lipinski definition) is 4. The summed E-state index contributed by atoms with van der Waals surface area (Å²) in [5.41, 5.74) is 3.20. The fraction of sp³-hybridized carbons (Fsp3) is 0.355. The fourth-order valence-corrected chi connectivity index (χ4v) is 4.61. The molecule has 0 unspecified atom stereocenters. The number of carbonyl (C=O) groups excluding carboxylic acids is 1. The van der Waals surface area contributed by atoms with Crippen LogP contribution in [0.5, 0.6) is 11.5 Å². The molecule has 0 spiro atoms. The van der Waals surface area contributed by atoms with Gasteiger partial charge in [0.25, 0.3) is 0 Å². The molecule has 4 rings (SSSR count). The fourth-order valence-electron chi connectivity index (χ4n) is 4.48. The van der Waals surface area contributed by atoms with E-state index in [1.54, 1.807) is 7.11 Å². The summed E-state index contributed by atoms with van der Waals surface area (Å²) in [4.78, 5) is 17.1. The van der Waals surface area contributed by atoms with Crippen LogP contribution in [-0.4, -0.2) is 35.7 Å². The van der Waals surface area contributed by atoms with Crippen molar-refractivity contribution in [3.8, 4) is 11.5 Å². The van der Waals surface area contributed by atoms with Gasteiger partial charge in [0.2, 0.25) is 5.91 Å². The molecule has 1 N–H and O–H groups in total. The van der Waals surface area contributed by atoms with Crippen LogP contribution < -0.4 is 14.8 Å². The highest BCUT2D eigenvalue weighted by molar-refractivity contribution is 6.30. The summed E-state index contributed by atoms with van der Waals surface area (Å²) in [5.74, 6) is 2.81. The highest BCUT2D eigenvalue weighted by Gasteiger charge is 2.10. The monoisotopic (exact) mass is 533 g/mol. The van der Waals surface area contributed by atoms with Crippen LogP contribution in [-0.2, 0) is 24.2 Å². The van der Waals surface area contributed by atoms with Crippen LogP contribution in [0.25, 0.3) is 11.0 Å². The minimum Gasteiger partial charge on any atom is -0.497 e. The zero-order chi connectivity index (χ0) is 26.6. The molecule has 1 amide bonds. The Morgan fingerprint density at radius 2 is 1.74 bits per heavy atom. The summed E-state index contributed by atoms with van der Waals surface area (Å²) in [6, 6.07) is 23.5. The molecule has 0 aliphatic heterocycles. The molecule has 0 atom stereocenters. The van der Waals surface area contributed by atoms with Crippen LogP contribution in [0.4, 0.5) is 0 Å². The predicted molar refractivity (Wildman–Crippen MR) is 153 cm³/mol. The number of para-hydroxylation sites is 2. The molecule has 0 aliphatic carbocycles. The standard InChI is InChI=1S/C31H36ClN3O3/c1-37-26-10-9-11-27(23-26)38-21-8-7-20-35-29-13-5-4-12-28(29)34-30(35)14-3-2-6-19-33-31(36)22-24-15-17-25(32)18-16-24/h4-5,9-13,15-18,23H,2-3,6-8,14,19-22H2,1H3,(H,33,36). The summed E-state index contributed by atoms with van der Waals surface area (Å²) >= 11 is 5.91. The van der Waals surface area contributed by atoms with E-state index in [-0.39, 0.29) is 5.91 Å². The minimum atomic E-state index is 0.0458.